The van der Waals surface area contributed by atoms with Crippen LogP contribution in [0.4, 0.5) is 9.59 Å². The molecule has 0 saturated heterocycles. The second-order valence-electron chi connectivity index (χ2n) is 0.532. The third-order valence-corrected chi connectivity index (χ3v) is 0. The van der Waals surface area contributed by atoms with Gasteiger partial charge in [0.05, 0.1) is 0 Å². The van der Waals surface area contributed by atoms with Crippen LogP contribution >= 0.6 is 0 Å². The number of carbonyl (C=O) groups is 2. The summed E-state index contributed by atoms with van der Waals surface area (Å²) < 4.78 is 0. The summed E-state index contributed by atoms with van der Waals surface area (Å²) in [5.74, 6) is 0. The van der Waals surface area contributed by atoms with Gasteiger partial charge < -0.3 is 35.5 Å². The molecule has 8 heteroatoms. The van der Waals surface area contributed by atoms with Gasteiger partial charge in [-0.25, -0.2) is 0 Å². The first-order chi connectivity index (χ1) is 3.46. The molecule has 0 atom stereocenters. The Morgan fingerprint density at radius 3 is 1.00 bits per heavy atom. The van der Waals surface area contributed by atoms with E-state index < -0.39 is 10.6 Å². The van der Waals surface area contributed by atoms with Crippen molar-refractivity contribution in [3.63, 3.8) is 0 Å². The topological polar surface area (TPSA) is 74.6 Å². The van der Waals surface area contributed by atoms with Crippen LogP contribution in [0.1, 0.15) is 0 Å². The summed E-state index contributed by atoms with van der Waals surface area (Å²) in [4.78, 5) is 17.6. The van der Waals surface area contributed by atoms with Crippen LogP contribution in [0, 0.1) is 0 Å². The molecule has 0 amide bonds. The SMILES string of the molecule is O=C(O)[S-].O=C(O)[S-].[Ag+].[Au+]. The van der Waals surface area contributed by atoms with Gasteiger partial charge in [-0.15, -0.1) is 0 Å². The molecule has 0 saturated carbocycles. The summed E-state index contributed by atoms with van der Waals surface area (Å²) in [6, 6.07) is 0. The van der Waals surface area contributed by atoms with E-state index in [-0.39, 0.29) is 44.8 Å². The molecule has 0 heterocycles. The minimum atomic E-state index is -1.25. The largest absolute Gasteiger partial charge is 1.00 e. The molecule has 2 N–H and O–H groups in total. The molecule has 0 aromatic rings. The summed E-state index contributed by atoms with van der Waals surface area (Å²) in [5, 5.41) is 12.0. The van der Waals surface area contributed by atoms with Gasteiger partial charge in [-0.1, -0.05) is 0 Å². The van der Waals surface area contributed by atoms with Crippen LogP contribution in [0.5, 0.6) is 0 Å². The van der Waals surface area contributed by atoms with E-state index in [1.165, 1.54) is 0 Å². The van der Waals surface area contributed by atoms with E-state index in [0.29, 0.717) is 0 Å². The van der Waals surface area contributed by atoms with E-state index in [2.05, 4.69) is 25.3 Å². The minimum absolute atomic E-state index is 0. The standard InChI is InChI=1S/2CH2O2S.Ag.Au/c2*2-1(3)4;;/h2*4H,(H,2,3);;/q;;2*+1/p-2. The van der Waals surface area contributed by atoms with Gasteiger partial charge in [0.1, 0.15) is 0 Å². The van der Waals surface area contributed by atoms with Crippen molar-refractivity contribution in [2.24, 2.45) is 0 Å². The summed E-state index contributed by atoms with van der Waals surface area (Å²) in [6.45, 7) is 0. The maximum Gasteiger partial charge on any atom is 1.00 e. The zero-order chi connectivity index (χ0) is 7.15. The molecule has 10 heavy (non-hydrogen) atoms. The van der Waals surface area contributed by atoms with E-state index in [1.807, 2.05) is 0 Å². The molecule has 4 nitrogen and oxygen atoms in total. The van der Waals surface area contributed by atoms with E-state index in [0.717, 1.165) is 0 Å². The predicted octanol–water partition coefficient (Wildman–Crippen LogP) is 0.418. The zero-order valence-electron chi connectivity index (χ0n) is 4.13. The number of rotatable bonds is 0. The fourth-order valence-corrected chi connectivity index (χ4v) is 0. The fourth-order valence-electron chi connectivity index (χ4n) is 0. The molecular weight excluding hydrogens is 457 g/mol. The van der Waals surface area contributed by atoms with E-state index in [4.69, 9.17) is 19.8 Å². The Balaban J connectivity index is -0.0000000300. The first-order valence-electron chi connectivity index (χ1n) is 1.26. The summed E-state index contributed by atoms with van der Waals surface area (Å²) >= 11 is 7.07. The minimum Gasteiger partial charge on any atom is -0.698 e. The van der Waals surface area contributed by atoms with Crippen LogP contribution < -0.4 is 0 Å². The second-order valence-corrected chi connectivity index (χ2v) is 1.23. The molecule has 0 rings (SSSR count). The van der Waals surface area contributed by atoms with Crippen molar-refractivity contribution in [3.05, 3.63) is 0 Å². The van der Waals surface area contributed by atoms with Gasteiger partial charge in [0.15, 0.2) is 10.6 Å². The molecule has 0 bridgehead atoms. The van der Waals surface area contributed by atoms with Crippen molar-refractivity contribution in [2.75, 3.05) is 0 Å². The van der Waals surface area contributed by atoms with Gasteiger partial charge in [0.2, 0.25) is 0 Å². The van der Waals surface area contributed by atoms with Gasteiger partial charge >= 0.3 is 44.8 Å². The zero-order valence-corrected chi connectivity index (χ0v) is 9.41. The van der Waals surface area contributed by atoms with Crippen molar-refractivity contribution in [3.8, 4) is 0 Å². The van der Waals surface area contributed by atoms with Crippen LogP contribution in [0.15, 0.2) is 0 Å². The third-order valence-electron chi connectivity index (χ3n) is 0. The van der Waals surface area contributed by atoms with Crippen LogP contribution in [0.2, 0.25) is 0 Å². The summed E-state index contributed by atoms with van der Waals surface area (Å²) in [7, 11) is 0. The molecule has 0 aliphatic rings. The Bertz CT molecular complexity index is 79.3. The molecule has 0 aliphatic heterocycles. The molecule has 0 aliphatic carbocycles. The smallest absolute Gasteiger partial charge is 0.698 e. The van der Waals surface area contributed by atoms with Gasteiger partial charge in [0.25, 0.3) is 0 Å². The normalized spacial score (nSPS) is 4.80. The maximum absolute atomic E-state index is 8.81. The first kappa shape index (κ1) is 22.4. The Labute approximate surface area is 99.6 Å². The molecule has 0 unspecified atom stereocenters. The van der Waals surface area contributed by atoms with Crippen molar-refractivity contribution >= 4 is 35.9 Å². The van der Waals surface area contributed by atoms with Gasteiger partial charge in [-0.05, 0) is 0 Å². The van der Waals surface area contributed by atoms with E-state index >= 15 is 0 Å². The summed E-state index contributed by atoms with van der Waals surface area (Å²) in [6.07, 6.45) is 0. The number of hydrogen-bond donors (Lipinski definition) is 2. The Morgan fingerprint density at radius 2 is 1.00 bits per heavy atom. The van der Waals surface area contributed by atoms with E-state index in [9.17, 15) is 0 Å². The van der Waals surface area contributed by atoms with Crippen molar-refractivity contribution in [2.45, 2.75) is 0 Å². The van der Waals surface area contributed by atoms with Crippen molar-refractivity contribution in [1.82, 2.24) is 0 Å². The van der Waals surface area contributed by atoms with Crippen LogP contribution in [0.3, 0.4) is 0 Å². The van der Waals surface area contributed by atoms with Crippen molar-refractivity contribution in [1.29, 1.82) is 0 Å². The monoisotopic (exact) mass is 458 g/mol. The average Bonchev–Trinajstić information content (AvgIpc) is 1.25. The Kier molecular flexibility index (Phi) is 36.9. The third kappa shape index (κ3) is 739. The Morgan fingerprint density at radius 1 is 1.00 bits per heavy atom. The molecule has 0 aromatic heterocycles. The second kappa shape index (κ2) is 16.4. The van der Waals surface area contributed by atoms with Gasteiger partial charge in [0, 0.05) is 0 Å². The van der Waals surface area contributed by atoms with Gasteiger partial charge in [-0.2, -0.15) is 0 Å². The molecule has 0 aromatic carbocycles. The van der Waals surface area contributed by atoms with Crippen LogP contribution in [0.25, 0.3) is 0 Å². The Hall–Kier alpha value is 0.861. The summed E-state index contributed by atoms with van der Waals surface area (Å²) in [5.41, 5.74) is 0. The fraction of sp³-hybridized carbons (Fsp3) is 0. The van der Waals surface area contributed by atoms with Crippen LogP contribution in [-0.2, 0) is 70.0 Å². The van der Waals surface area contributed by atoms with Crippen molar-refractivity contribution < 1.29 is 64.6 Å². The molecule has 68 valence electrons. The van der Waals surface area contributed by atoms with Crippen LogP contribution in [-0.4, -0.2) is 20.8 Å². The van der Waals surface area contributed by atoms with Gasteiger partial charge in [-0.3, -0.25) is 9.59 Å². The average molecular weight is 459 g/mol. The van der Waals surface area contributed by atoms with E-state index in [1.54, 1.807) is 0 Å². The maximum atomic E-state index is 8.81. The number of carboxylic acid groups (broad SMARTS) is 2. The first-order valence-corrected chi connectivity index (χ1v) is 2.08. The molecule has 0 radical (unpaired) electrons. The quantitative estimate of drug-likeness (QED) is 0.405. The molecular formula is C2H2AgAuO4S2. The molecule has 0 spiro atoms. The predicted molar refractivity (Wildman–Crippen MR) is 30.8 cm³/mol. The molecule has 0 fully saturated rings. The number of hydrogen-bond acceptors (Lipinski definition) is 4.